The second kappa shape index (κ2) is 7.03. The third-order valence-electron chi connectivity index (χ3n) is 3.83. The summed E-state index contributed by atoms with van der Waals surface area (Å²) >= 11 is 0. The van der Waals surface area contributed by atoms with Crippen molar-refractivity contribution in [1.82, 2.24) is 0 Å². The molecule has 0 saturated heterocycles. The van der Waals surface area contributed by atoms with Crippen molar-refractivity contribution in [2.75, 3.05) is 5.32 Å². The van der Waals surface area contributed by atoms with Gasteiger partial charge in [0.15, 0.2) is 5.78 Å². The lowest BCUT2D eigenvalue weighted by Crippen LogP contribution is -2.14. The smallest absolute Gasteiger partial charge is 0.224 e. The lowest BCUT2D eigenvalue weighted by Gasteiger charge is -2.08. The van der Waals surface area contributed by atoms with E-state index in [-0.39, 0.29) is 24.5 Å². The number of anilines is 1. The molecule has 1 N–H and O–H groups in total. The van der Waals surface area contributed by atoms with E-state index in [0.717, 1.165) is 22.4 Å². The average molecular weight is 295 g/mol. The molecular formula is C19H21NO2. The standard InChI is InChI=1S/C19H21NO2/c1-13-8-9-16(12-15(13)3)18(21)10-11-19(22)20-17-7-5-4-6-14(17)2/h4-9,12H,10-11H2,1-3H3,(H,20,22). The highest BCUT2D eigenvalue weighted by molar-refractivity contribution is 6.00. The molecule has 2 rings (SSSR count). The quantitative estimate of drug-likeness (QED) is 0.840. The van der Waals surface area contributed by atoms with Gasteiger partial charge in [-0.25, -0.2) is 0 Å². The zero-order valence-corrected chi connectivity index (χ0v) is 13.3. The summed E-state index contributed by atoms with van der Waals surface area (Å²) in [5.74, 6) is -0.130. The fraction of sp³-hybridized carbons (Fsp3) is 0.263. The van der Waals surface area contributed by atoms with E-state index in [1.165, 1.54) is 0 Å². The molecule has 0 spiro atoms. The molecule has 3 heteroatoms. The van der Waals surface area contributed by atoms with Crippen molar-refractivity contribution in [3.05, 3.63) is 64.7 Å². The number of hydrogen-bond acceptors (Lipinski definition) is 2. The first kappa shape index (κ1) is 16.0. The van der Waals surface area contributed by atoms with Gasteiger partial charge in [-0.2, -0.15) is 0 Å². The molecule has 2 aromatic carbocycles. The Morgan fingerprint density at radius 2 is 1.59 bits per heavy atom. The molecular weight excluding hydrogens is 274 g/mol. The number of nitrogens with one attached hydrogen (secondary N) is 1. The van der Waals surface area contributed by atoms with Crippen molar-refractivity contribution < 1.29 is 9.59 Å². The van der Waals surface area contributed by atoms with Gasteiger partial charge in [-0.05, 0) is 49.6 Å². The third kappa shape index (κ3) is 4.04. The van der Waals surface area contributed by atoms with Crippen LogP contribution in [0, 0.1) is 20.8 Å². The van der Waals surface area contributed by atoms with Gasteiger partial charge in [-0.3, -0.25) is 9.59 Å². The van der Waals surface area contributed by atoms with Crippen LogP contribution in [0.3, 0.4) is 0 Å². The highest BCUT2D eigenvalue weighted by Gasteiger charge is 2.11. The first-order chi connectivity index (χ1) is 10.5. The number of rotatable bonds is 5. The zero-order chi connectivity index (χ0) is 16.1. The number of hydrogen-bond donors (Lipinski definition) is 1. The van der Waals surface area contributed by atoms with E-state index in [1.54, 1.807) is 0 Å². The molecule has 0 unspecified atom stereocenters. The highest BCUT2D eigenvalue weighted by atomic mass is 16.2. The number of aryl methyl sites for hydroxylation is 3. The van der Waals surface area contributed by atoms with E-state index in [0.29, 0.717) is 5.56 Å². The van der Waals surface area contributed by atoms with Crippen molar-refractivity contribution in [3.63, 3.8) is 0 Å². The summed E-state index contributed by atoms with van der Waals surface area (Å²) in [7, 11) is 0. The van der Waals surface area contributed by atoms with Crippen LogP contribution in [0.2, 0.25) is 0 Å². The van der Waals surface area contributed by atoms with E-state index in [4.69, 9.17) is 0 Å². The Morgan fingerprint density at radius 3 is 2.27 bits per heavy atom. The summed E-state index contributed by atoms with van der Waals surface area (Å²) in [5.41, 5.74) is 4.73. The van der Waals surface area contributed by atoms with Gasteiger partial charge in [0.1, 0.15) is 0 Å². The number of benzene rings is 2. The largest absolute Gasteiger partial charge is 0.326 e. The van der Waals surface area contributed by atoms with Crippen LogP contribution in [0.5, 0.6) is 0 Å². The third-order valence-corrected chi connectivity index (χ3v) is 3.83. The minimum absolute atomic E-state index is 0.00281. The van der Waals surface area contributed by atoms with E-state index < -0.39 is 0 Å². The van der Waals surface area contributed by atoms with Gasteiger partial charge in [-0.15, -0.1) is 0 Å². The maximum Gasteiger partial charge on any atom is 0.224 e. The molecule has 114 valence electrons. The van der Waals surface area contributed by atoms with E-state index >= 15 is 0 Å². The molecule has 0 heterocycles. The number of ketones is 1. The van der Waals surface area contributed by atoms with Crippen LogP contribution in [-0.2, 0) is 4.79 Å². The Labute approximate surface area is 131 Å². The van der Waals surface area contributed by atoms with Crippen LogP contribution >= 0.6 is 0 Å². The molecule has 0 radical (unpaired) electrons. The van der Waals surface area contributed by atoms with Gasteiger partial charge in [0.25, 0.3) is 0 Å². The molecule has 0 bridgehead atoms. The Hall–Kier alpha value is -2.42. The molecule has 0 fully saturated rings. The first-order valence-electron chi connectivity index (χ1n) is 7.43. The Kier molecular flexibility index (Phi) is 5.10. The molecule has 1 amide bonds. The number of Topliss-reactive ketones (excluding diaryl/α,β-unsaturated/α-hetero) is 1. The Bertz CT molecular complexity index is 704. The zero-order valence-electron chi connectivity index (χ0n) is 13.3. The monoisotopic (exact) mass is 295 g/mol. The van der Waals surface area contributed by atoms with Gasteiger partial charge < -0.3 is 5.32 Å². The SMILES string of the molecule is Cc1ccc(C(=O)CCC(=O)Nc2ccccc2C)cc1C. The Morgan fingerprint density at radius 1 is 0.864 bits per heavy atom. The molecule has 3 nitrogen and oxygen atoms in total. The van der Waals surface area contributed by atoms with Crippen LogP contribution in [0.4, 0.5) is 5.69 Å². The number of carbonyl (C=O) groups excluding carboxylic acids is 2. The second-order valence-corrected chi connectivity index (χ2v) is 5.59. The van der Waals surface area contributed by atoms with E-state index in [9.17, 15) is 9.59 Å². The van der Waals surface area contributed by atoms with Crippen molar-refractivity contribution in [1.29, 1.82) is 0 Å². The van der Waals surface area contributed by atoms with Crippen molar-refractivity contribution in [3.8, 4) is 0 Å². The van der Waals surface area contributed by atoms with Gasteiger partial charge in [0, 0.05) is 24.1 Å². The number of amides is 1. The van der Waals surface area contributed by atoms with Gasteiger partial charge in [0.2, 0.25) is 5.91 Å². The fourth-order valence-electron chi connectivity index (χ4n) is 2.21. The van der Waals surface area contributed by atoms with Gasteiger partial charge in [-0.1, -0.05) is 30.3 Å². The highest BCUT2D eigenvalue weighted by Crippen LogP contribution is 2.15. The minimum Gasteiger partial charge on any atom is -0.326 e. The molecule has 0 aromatic heterocycles. The predicted molar refractivity (Wildman–Crippen MR) is 89.3 cm³/mol. The summed E-state index contributed by atoms with van der Waals surface area (Å²) in [6, 6.07) is 13.3. The molecule has 0 aliphatic heterocycles. The lowest BCUT2D eigenvalue weighted by molar-refractivity contribution is -0.116. The first-order valence-corrected chi connectivity index (χ1v) is 7.43. The topological polar surface area (TPSA) is 46.2 Å². The summed E-state index contributed by atoms with van der Waals surface area (Å²) in [6.45, 7) is 5.94. The van der Waals surface area contributed by atoms with Crippen LogP contribution in [0.1, 0.15) is 39.9 Å². The molecule has 2 aromatic rings. The summed E-state index contributed by atoms with van der Waals surface area (Å²) in [6.07, 6.45) is 0.417. The Balaban J connectivity index is 1.92. The summed E-state index contributed by atoms with van der Waals surface area (Å²) in [5, 5.41) is 2.85. The number of carbonyl (C=O) groups is 2. The van der Waals surface area contributed by atoms with Crippen LogP contribution < -0.4 is 5.32 Å². The van der Waals surface area contributed by atoms with E-state index in [2.05, 4.69) is 5.32 Å². The lowest BCUT2D eigenvalue weighted by atomic mass is 10.0. The fourth-order valence-corrected chi connectivity index (χ4v) is 2.21. The second-order valence-electron chi connectivity index (χ2n) is 5.59. The average Bonchev–Trinajstić information content (AvgIpc) is 2.50. The van der Waals surface area contributed by atoms with Crippen LogP contribution in [0.25, 0.3) is 0 Å². The maximum absolute atomic E-state index is 12.2. The summed E-state index contributed by atoms with van der Waals surface area (Å²) < 4.78 is 0. The number of para-hydroxylation sites is 1. The summed E-state index contributed by atoms with van der Waals surface area (Å²) in [4.78, 5) is 24.1. The normalized spacial score (nSPS) is 10.3. The van der Waals surface area contributed by atoms with Crippen LogP contribution in [-0.4, -0.2) is 11.7 Å². The molecule has 22 heavy (non-hydrogen) atoms. The van der Waals surface area contributed by atoms with Crippen molar-refractivity contribution in [2.24, 2.45) is 0 Å². The molecule has 0 aliphatic rings. The minimum atomic E-state index is -0.133. The molecule has 0 saturated carbocycles. The predicted octanol–water partition coefficient (Wildman–Crippen LogP) is 4.21. The van der Waals surface area contributed by atoms with Crippen molar-refractivity contribution in [2.45, 2.75) is 33.6 Å². The van der Waals surface area contributed by atoms with Crippen molar-refractivity contribution >= 4 is 17.4 Å². The maximum atomic E-state index is 12.2. The molecule has 0 atom stereocenters. The van der Waals surface area contributed by atoms with Crippen LogP contribution in [0.15, 0.2) is 42.5 Å². The van der Waals surface area contributed by atoms with Gasteiger partial charge in [0.05, 0.1) is 0 Å². The van der Waals surface area contributed by atoms with E-state index in [1.807, 2.05) is 63.2 Å². The van der Waals surface area contributed by atoms with Gasteiger partial charge >= 0.3 is 0 Å². The molecule has 0 aliphatic carbocycles.